The Morgan fingerprint density at radius 2 is 1.71 bits per heavy atom. The van der Waals surface area contributed by atoms with E-state index in [1.807, 2.05) is 23.7 Å². The Labute approximate surface area is 94.6 Å². The zero-order valence-electron chi connectivity index (χ0n) is 8.10. The first-order valence-electron chi connectivity index (χ1n) is 4.39. The molecule has 0 spiro atoms. The largest absolute Gasteiger partial charge is 1.00 e. The Morgan fingerprint density at radius 1 is 1.14 bits per heavy atom. The Balaban J connectivity index is 0.000000980. The minimum absolute atomic E-state index is 0. The van der Waals surface area contributed by atoms with Gasteiger partial charge in [0.2, 0.25) is 0 Å². The lowest BCUT2D eigenvalue weighted by molar-refractivity contribution is -0.671. The monoisotopic (exact) mass is 252 g/mol. The fraction of sp³-hybridized carbons (Fsp3) is 0.182. The fourth-order valence-electron chi connectivity index (χ4n) is 1.32. The molecular weight excluding hydrogens is 240 g/mol. The maximum atomic E-state index is 2.16. The van der Waals surface area contributed by atoms with E-state index in [1.165, 1.54) is 5.56 Å². The van der Waals surface area contributed by atoms with Gasteiger partial charge in [0.1, 0.15) is 7.05 Å². The van der Waals surface area contributed by atoms with Crippen molar-refractivity contribution < 1.29 is 21.5 Å². The van der Waals surface area contributed by atoms with Crippen LogP contribution < -0.4 is 21.5 Å². The molecule has 14 heavy (non-hydrogen) atoms. The van der Waals surface area contributed by atoms with E-state index in [9.17, 15) is 0 Å². The van der Waals surface area contributed by atoms with E-state index in [2.05, 4.69) is 41.5 Å². The number of aryl methyl sites for hydroxylation is 1. The third kappa shape index (κ3) is 2.70. The van der Waals surface area contributed by atoms with Crippen LogP contribution in [-0.4, -0.2) is 4.57 Å². The Hall–Kier alpha value is -1.09. The van der Waals surface area contributed by atoms with E-state index >= 15 is 0 Å². The lowest BCUT2D eigenvalue weighted by Crippen LogP contribution is -3.00. The summed E-state index contributed by atoms with van der Waals surface area (Å²) in [6.07, 6.45) is 8.29. The summed E-state index contributed by atoms with van der Waals surface area (Å²) in [5.41, 5.74) is 1.33. The first kappa shape index (κ1) is 11.0. The van der Waals surface area contributed by atoms with E-state index in [1.54, 1.807) is 0 Å². The lowest BCUT2D eigenvalue weighted by atomic mass is 10.3. The molecular formula is C11H13BrN2. The van der Waals surface area contributed by atoms with Gasteiger partial charge in [0, 0.05) is 31.1 Å². The first-order valence-corrected chi connectivity index (χ1v) is 4.39. The highest BCUT2D eigenvalue weighted by Gasteiger charge is 1.95. The second-order valence-electron chi connectivity index (χ2n) is 3.23. The van der Waals surface area contributed by atoms with Gasteiger partial charge in [-0.25, -0.2) is 4.57 Å². The normalized spacial score (nSPS) is 9.50. The van der Waals surface area contributed by atoms with Crippen molar-refractivity contribution in [1.82, 2.24) is 4.57 Å². The van der Waals surface area contributed by atoms with Crippen molar-refractivity contribution in [2.24, 2.45) is 7.05 Å². The summed E-state index contributed by atoms with van der Waals surface area (Å²) >= 11 is 0. The average Bonchev–Trinajstić information content (AvgIpc) is 2.62. The van der Waals surface area contributed by atoms with Crippen molar-refractivity contribution in [2.45, 2.75) is 6.54 Å². The molecule has 0 atom stereocenters. The highest BCUT2D eigenvalue weighted by molar-refractivity contribution is 5.08. The lowest BCUT2D eigenvalue weighted by Gasteiger charge is -2.00. The smallest absolute Gasteiger partial charge is 0.168 e. The topological polar surface area (TPSA) is 8.81 Å². The van der Waals surface area contributed by atoms with E-state index < -0.39 is 0 Å². The molecule has 0 aromatic carbocycles. The third-order valence-corrected chi connectivity index (χ3v) is 2.08. The van der Waals surface area contributed by atoms with Crippen LogP contribution in [0.25, 0.3) is 0 Å². The van der Waals surface area contributed by atoms with Gasteiger partial charge in [0.05, 0.1) is 0 Å². The van der Waals surface area contributed by atoms with Crippen molar-refractivity contribution in [1.29, 1.82) is 0 Å². The van der Waals surface area contributed by atoms with Crippen LogP contribution in [0.15, 0.2) is 49.1 Å². The number of halogens is 1. The van der Waals surface area contributed by atoms with Gasteiger partial charge in [-0.15, -0.1) is 0 Å². The zero-order valence-corrected chi connectivity index (χ0v) is 9.68. The fourth-order valence-corrected chi connectivity index (χ4v) is 1.32. The molecule has 2 rings (SSSR count). The molecule has 0 unspecified atom stereocenters. The molecule has 2 aromatic heterocycles. The summed E-state index contributed by atoms with van der Waals surface area (Å²) in [5, 5.41) is 0. The van der Waals surface area contributed by atoms with Gasteiger partial charge in [-0.2, -0.15) is 0 Å². The zero-order chi connectivity index (χ0) is 9.10. The van der Waals surface area contributed by atoms with Gasteiger partial charge in [-0.1, -0.05) is 0 Å². The number of aromatic nitrogens is 2. The van der Waals surface area contributed by atoms with Crippen LogP contribution in [0.2, 0.25) is 0 Å². The van der Waals surface area contributed by atoms with Crippen LogP contribution >= 0.6 is 0 Å². The standard InChI is InChI=1S/C11H13N2.BrH/c1-12-8-4-11(5-9-12)10-13-6-2-3-7-13;/h2-9H,10H2,1H3;1H/q+1;/p-1. The number of rotatable bonds is 2. The molecule has 0 bridgehead atoms. The van der Waals surface area contributed by atoms with Gasteiger partial charge >= 0.3 is 0 Å². The van der Waals surface area contributed by atoms with E-state index in [0.717, 1.165) is 6.54 Å². The minimum Gasteiger partial charge on any atom is -1.00 e. The molecule has 0 fully saturated rings. The van der Waals surface area contributed by atoms with Crippen molar-refractivity contribution in [2.75, 3.05) is 0 Å². The molecule has 0 saturated heterocycles. The van der Waals surface area contributed by atoms with Crippen LogP contribution in [0, 0.1) is 0 Å². The molecule has 0 N–H and O–H groups in total. The molecule has 74 valence electrons. The second-order valence-corrected chi connectivity index (χ2v) is 3.23. The van der Waals surface area contributed by atoms with Crippen molar-refractivity contribution >= 4 is 0 Å². The van der Waals surface area contributed by atoms with E-state index in [4.69, 9.17) is 0 Å². The molecule has 0 aliphatic rings. The molecule has 2 heterocycles. The summed E-state index contributed by atoms with van der Waals surface area (Å²) in [4.78, 5) is 0. The van der Waals surface area contributed by atoms with Crippen LogP contribution in [0.5, 0.6) is 0 Å². The van der Waals surface area contributed by atoms with Crippen molar-refractivity contribution in [3.05, 3.63) is 54.6 Å². The molecule has 0 amide bonds. The Morgan fingerprint density at radius 3 is 2.29 bits per heavy atom. The predicted molar refractivity (Wildman–Crippen MR) is 51.2 cm³/mol. The summed E-state index contributed by atoms with van der Waals surface area (Å²) in [6.45, 7) is 0.952. The minimum atomic E-state index is 0. The molecule has 2 aromatic rings. The van der Waals surface area contributed by atoms with Gasteiger partial charge < -0.3 is 21.5 Å². The SMILES string of the molecule is C[n+]1ccc(Cn2cccc2)cc1.[Br-]. The van der Waals surface area contributed by atoms with Crippen LogP contribution in [0.3, 0.4) is 0 Å². The average molecular weight is 253 g/mol. The molecule has 3 heteroatoms. The molecule has 0 aliphatic heterocycles. The second kappa shape index (κ2) is 4.96. The van der Waals surface area contributed by atoms with Gasteiger partial charge in [-0.05, 0) is 17.7 Å². The molecule has 2 nitrogen and oxygen atoms in total. The third-order valence-electron chi connectivity index (χ3n) is 2.08. The highest BCUT2D eigenvalue weighted by atomic mass is 79.9. The summed E-state index contributed by atoms with van der Waals surface area (Å²) in [6, 6.07) is 8.37. The highest BCUT2D eigenvalue weighted by Crippen LogP contribution is 1.99. The van der Waals surface area contributed by atoms with Crippen molar-refractivity contribution in [3.8, 4) is 0 Å². The van der Waals surface area contributed by atoms with Crippen LogP contribution in [-0.2, 0) is 13.6 Å². The van der Waals surface area contributed by atoms with Gasteiger partial charge in [0.15, 0.2) is 12.4 Å². The summed E-state index contributed by atoms with van der Waals surface area (Å²) in [7, 11) is 2.03. The Kier molecular flexibility index (Phi) is 3.89. The molecule has 0 saturated carbocycles. The Bertz CT molecular complexity index is 365. The number of hydrogen-bond donors (Lipinski definition) is 0. The maximum absolute atomic E-state index is 2.16. The quantitative estimate of drug-likeness (QED) is 0.568. The van der Waals surface area contributed by atoms with Gasteiger partial charge in [-0.3, -0.25) is 0 Å². The summed E-state index contributed by atoms with van der Waals surface area (Å²) in [5.74, 6) is 0. The maximum Gasteiger partial charge on any atom is 0.168 e. The molecule has 0 aliphatic carbocycles. The van der Waals surface area contributed by atoms with Crippen LogP contribution in [0.4, 0.5) is 0 Å². The number of hydrogen-bond acceptors (Lipinski definition) is 0. The number of nitrogens with zero attached hydrogens (tertiary/aromatic N) is 2. The van der Waals surface area contributed by atoms with Crippen molar-refractivity contribution in [3.63, 3.8) is 0 Å². The van der Waals surface area contributed by atoms with Crippen LogP contribution in [0.1, 0.15) is 5.56 Å². The molecule has 0 radical (unpaired) electrons. The van der Waals surface area contributed by atoms with Gasteiger partial charge in [0.25, 0.3) is 0 Å². The summed E-state index contributed by atoms with van der Waals surface area (Å²) < 4.78 is 4.20. The van der Waals surface area contributed by atoms with E-state index in [0.29, 0.717) is 0 Å². The first-order chi connectivity index (χ1) is 6.34. The van der Waals surface area contributed by atoms with E-state index in [-0.39, 0.29) is 17.0 Å². The number of pyridine rings is 1. The predicted octanol–water partition coefficient (Wildman–Crippen LogP) is -1.64.